The zero-order chi connectivity index (χ0) is 28.1. The number of hydrogen-bond donors (Lipinski definition) is 3. The smallest absolute Gasteiger partial charge is 0.475 e. The highest BCUT2D eigenvalue weighted by atomic mass is 19.4. The molecule has 0 unspecified atom stereocenters. The zero-order valence-corrected chi connectivity index (χ0v) is 20.6. The molecule has 3 N–H and O–H groups in total. The number of ether oxygens (including phenoxy) is 1. The third kappa shape index (κ3) is 6.29. The Balaban J connectivity index is 0.000000411. The number of nitrogens with one attached hydrogen (secondary N) is 2. The molecule has 6 rings (SSSR count). The van der Waals surface area contributed by atoms with Gasteiger partial charge < -0.3 is 20.1 Å². The molecule has 206 valence electrons. The van der Waals surface area contributed by atoms with Gasteiger partial charge in [-0.1, -0.05) is 12.1 Å². The van der Waals surface area contributed by atoms with E-state index in [2.05, 4.69) is 45.7 Å². The normalized spacial score (nSPS) is 13.5. The molecule has 1 aliphatic heterocycles. The van der Waals surface area contributed by atoms with Crippen LogP contribution in [-0.4, -0.2) is 83.7 Å². The van der Waals surface area contributed by atoms with Crippen LogP contribution in [0.25, 0.3) is 27.8 Å². The van der Waals surface area contributed by atoms with Crippen LogP contribution >= 0.6 is 0 Å². The van der Waals surface area contributed by atoms with Crippen LogP contribution in [0.2, 0.25) is 0 Å². The Morgan fingerprint density at radius 1 is 1.05 bits per heavy atom. The molecule has 13 nitrogen and oxygen atoms in total. The standard InChI is InChI=1S/C22H20N10O.C2HF3O2/c1-2-16-12-23-21(27-19(16)11-15(1)20-13-25-30-28-20)26-17-3-5-18(6-4-17)32-14-24-22(29-32)31-7-9-33-10-8-31;3-2(4,5)1(6)7/h1-6,11-14H,7-10H2,(H,23,26,27)(H,25,28,30);(H,6,7). The average molecular weight is 554 g/mol. The maximum Gasteiger partial charge on any atom is 0.490 e. The number of hydrogen-bond acceptors (Lipinski definition) is 10. The quantitative estimate of drug-likeness (QED) is 0.293. The number of fused-ring (bicyclic) bond motifs is 1. The van der Waals surface area contributed by atoms with Crippen LogP contribution in [0.4, 0.5) is 30.8 Å². The Bertz CT molecular complexity index is 1580. The Kier molecular flexibility index (Phi) is 7.50. The van der Waals surface area contributed by atoms with Gasteiger partial charge in [-0.05, 0) is 30.3 Å². The first-order valence-corrected chi connectivity index (χ1v) is 11.8. The van der Waals surface area contributed by atoms with Gasteiger partial charge in [-0.15, -0.1) is 5.10 Å². The first-order chi connectivity index (χ1) is 19.3. The average Bonchev–Trinajstić information content (AvgIpc) is 3.67. The van der Waals surface area contributed by atoms with E-state index in [9.17, 15) is 13.2 Å². The second kappa shape index (κ2) is 11.3. The lowest BCUT2D eigenvalue weighted by Crippen LogP contribution is -2.37. The molecule has 1 fully saturated rings. The van der Waals surface area contributed by atoms with Crippen LogP contribution in [-0.2, 0) is 9.53 Å². The molecule has 1 saturated heterocycles. The Labute approximate surface area is 223 Å². The lowest BCUT2D eigenvalue weighted by Gasteiger charge is -2.25. The van der Waals surface area contributed by atoms with Crippen molar-refractivity contribution in [3.05, 3.63) is 61.2 Å². The topological polar surface area (TPSA) is 160 Å². The summed E-state index contributed by atoms with van der Waals surface area (Å²) in [6, 6.07) is 13.8. The highest BCUT2D eigenvalue weighted by Crippen LogP contribution is 2.23. The maximum absolute atomic E-state index is 10.6. The zero-order valence-electron chi connectivity index (χ0n) is 20.6. The first-order valence-electron chi connectivity index (χ1n) is 11.8. The molecular weight excluding hydrogens is 533 g/mol. The molecule has 5 aromatic rings. The van der Waals surface area contributed by atoms with Gasteiger partial charge in [0.15, 0.2) is 0 Å². The number of aromatic nitrogens is 8. The number of alkyl halides is 3. The number of morpholine rings is 1. The maximum atomic E-state index is 10.6. The molecule has 40 heavy (non-hydrogen) atoms. The predicted octanol–water partition coefficient (Wildman–Crippen LogP) is 3.21. The summed E-state index contributed by atoms with van der Waals surface area (Å²) in [4.78, 5) is 24.5. The fraction of sp³-hybridized carbons (Fsp3) is 0.208. The third-order valence-electron chi connectivity index (χ3n) is 5.70. The number of carboxylic acids is 1. The van der Waals surface area contributed by atoms with Crippen LogP contribution in [0.5, 0.6) is 0 Å². The van der Waals surface area contributed by atoms with Gasteiger partial charge in [0.25, 0.3) is 0 Å². The second-order valence-electron chi connectivity index (χ2n) is 8.39. The van der Waals surface area contributed by atoms with Gasteiger partial charge in [-0.3, -0.25) is 0 Å². The van der Waals surface area contributed by atoms with Crippen molar-refractivity contribution < 1.29 is 27.8 Å². The van der Waals surface area contributed by atoms with E-state index in [4.69, 9.17) is 14.6 Å². The molecule has 3 aromatic heterocycles. The number of benzene rings is 2. The largest absolute Gasteiger partial charge is 0.490 e. The minimum Gasteiger partial charge on any atom is -0.475 e. The van der Waals surface area contributed by atoms with Gasteiger partial charge in [0.1, 0.15) is 12.0 Å². The number of carbonyl (C=O) groups is 1. The monoisotopic (exact) mass is 554 g/mol. The van der Waals surface area contributed by atoms with Crippen LogP contribution in [0.3, 0.4) is 0 Å². The van der Waals surface area contributed by atoms with Crippen LogP contribution in [0.15, 0.2) is 61.2 Å². The van der Waals surface area contributed by atoms with E-state index >= 15 is 0 Å². The van der Waals surface area contributed by atoms with Crippen molar-refractivity contribution in [1.82, 2.24) is 40.1 Å². The first kappa shape index (κ1) is 26.5. The van der Waals surface area contributed by atoms with E-state index in [1.165, 1.54) is 0 Å². The van der Waals surface area contributed by atoms with Crippen LogP contribution in [0.1, 0.15) is 0 Å². The minimum atomic E-state index is -5.08. The molecule has 0 aliphatic carbocycles. The van der Waals surface area contributed by atoms with Crippen molar-refractivity contribution in [3.8, 4) is 16.9 Å². The van der Waals surface area contributed by atoms with Gasteiger partial charge in [0, 0.05) is 35.9 Å². The molecule has 0 amide bonds. The summed E-state index contributed by atoms with van der Waals surface area (Å²) in [5.74, 6) is -1.52. The molecule has 2 aromatic carbocycles. The van der Waals surface area contributed by atoms with E-state index in [0.29, 0.717) is 19.2 Å². The van der Waals surface area contributed by atoms with Gasteiger partial charge in [0.2, 0.25) is 11.9 Å². The summed E-state index contributed by atoms with van der Waals surface area (Å²) in [5, 5.41) is 26.6. The predicted molar refractivity (Wildman–Crippen MR) is 136 cm³/mol. The van der Waals surface area contributed by atoms with Gasteiger partial charge >= 0.3 is 12.1 Å². The summed E-state index contributed by atoms with van der Waals surface area (Å²) < 4.78 is 38.9. The SMILES string of the molecule is O=C(O)C(F)(F)F.c1cc(-n2cnc(N3CCOCC3)n2)ccc1Nc1ncc2ccc(-c3cn[nH]n3)cc2n1. The van der Waals surface area contributed by atoms with Gasteiger partial charge in [0.05, 0.1) is 30.6 Å². The third-order valence-corrected chi connectivity index (χ3v) is 5.70. The number of carboxylic acid groups (broad SMARTS) is 1. The van der Waals surface area contributed by atoms with E-state index in [1.807, 2.05) is 42.5 Å². The van der Waals surface area contributed by atoms with Crippen molar-refractivity contribution in [2.24, 2.45) is 0 Å². The minimum absolute atomic E-state index is 0.517. The molecule has 0 radical (unpaired) electrons. The highest BCUT2D eigenvalue weighted by molar-refractivity contribution is 5.83. The number of rotatable bonds is 5. The van der Waals surface area contributed by atoms with Gasteiger partial charge in [-0.25, -0.2) is 19.4 Å². The molecule has 0 bridgehead atoms. The molecule has 16 heteroatoms. The van der Waals surface area contributed by atoms with E-state index in [-0.39, 0.29) is 0 Å². The Hall–Kier alpha value is -5.12. The lowest BCUT2D eigenvalue weighted by molar-refractivity contribution is -0.192. The lowest BCUT2D eigenvalue weighted by atomic mass is 10.1. The number of anilines is 3. The number of H-pyrrole nitrogens is 1. The molecule has 1 aliphatic rings. The number of aromatic amines is 1. The van der Waals surface area contributed by atoms with E-state index in [1.54, 1.807) is 23.4 Å². The highest BCUT2D eigenvalue weighted by Gasteiger charge is 2.38. The Morgan fingerprint density at radius 3 is 2.48 bits per heavy atom. The fourth-order valence-electron chi connectivity index (χ4n) is 3.70. The molecule has 4 heterocycles. The van der Waals surface area contributed by atoms with Crippen molar-refractivity contribution in [2.45, 2.75) is 6.18 Å². The number of aliphatic carboxylic acids is 1. The summed E-state index contributed by atoms with van der Waals surface area (Å²) in [6.07, 6.45) is 0.127. The van der Waals surface area contributed by atoms with Crippen molar-refractivity contribution in [3.63, 3.8) is 0 Å². The Morgan fingerprint density at radius 2 is 1.80 bits per heavy atom. The summed E-state index contributed by atoms with van der Waals surface area (Å²) in [6.45, 7) is 3.01. The summed E-state index contributed by atoms with van der Waals surface area (Å²) >= 11 is 0. The van der Waals surface area contributed by atoms with E-state index < -0.39 is 12.1 Å². The van der Waals surface area contributed by atoms with E-state index in [0.717, 1.165) is 52.6 Å². The van der Waals surface area contributed by atoms with Gasteiger partial charge in [-0.2, -0.15) is 33.6 Å². The molecule has 0 saturated carbocycles. The van der Waals surface area contributed by atoms with Crippen molar-refractivity contribution in [2.75, 3.05) is 36.5 Å². The van der Waals surface area contributed by atoms with Crippen LogP contribution < -0.4 is 10.2 Å². The van der Waals surface area contributed by atoms with Crippen LogP contribution in [0, 0.1) is 0 Å². The number of halogens is 3. The second-order valence-corrected chi connectivity index (χ2v) is 8.39. The molecule has 0 spiro atoms. The number of nitrogens with zero attached hydrogens (tertiary/aromatic N) is 8. The molecule has 0 atom stereocenters. The summed E-state index contributed by atoms with van der Waals surface area (Å²) in [5.41, 5.74) is 4.33. The molecular formula is C24H21F3N10O3. The van der Waals surface area contributed by atoms with Crippen molar-refractivity contribution in [1.29, 1.82) is 0 Å². The fourth-order valence-corrected chi connectivity index (χ4v) is 3.70. The van der Waals surface area contributed by atoms with Crippen molar-refractivity contribution >= 4 is 34.5 Å². The summed E-state index contributed by atoms with van der Waals surface area (Å²) in [7, 11) is 0.